The van der Waals surface area contributed by atoms with Gasteiger partial charge in [-0.2, -0.15) is 4.31 Å². The number of nitrogens with zero attached hydrogens (tertiary/aromatic N) is 2. The van der Waals surface area contributed by atoms with E-state index in [4.69, 9.17) is 16.3 Å². The highest BCUT2D eigenvalue weighted by molar-refractivity contribution is 7.89. The molecule has 0 amide bonds. The molecule has 3 atom stereocenters. The average molecular weight is 331 g/mol. The summed E-state index contributed by atoms with van der Waals surface area (Å²) in [4.78, 5) is 4.04. The molecule has 0 aromatic carbocycles. The van der Waals surface area contributed by atoms with Crippen LogP contribution < -0.4 is 0 Å². The Bertz CT molecular complexity index is 645. The van der Waals surface area contributed by atoms with Crippen molar-refractivity contribution >= 4 is 21.6 Å². The number of halogens is 1. The molecule has 7 heteroatoms. The maximum absolute atomic E-state index is 12.8. The van der Waals surface area contributed by atoms with Gasteiger partial charge in [0, 0.05) is 37.2 Å². The number of fused-ring (bicyclic) bond motifs is 1. The van der Waals surface area contributed by atoms with E-state index in [2.05, 4.69) is 18.8 Å². The molecule has 0 bridgehead atoms. The van der Waals surface area contributed by atoms with E-state index in [-0.39, 0.29) is 33.5 Å². The molecule has 1 aromatic heterocycles. The van der Waals surface area contributed by atoms with Crippen LogP contribution in [0, 0.1) is 11.3 Å². The normalized spacial score (nSPS) is 31.0. The molecule has 1 aromatic rings. The van der Waals surface area contributed by atoms with Crippen LogP contribution >= 0.6 is 11.6 Å². The second kappa shape index (κ2) is 4.91. The molecule has 2 heterocycles. The fourth-order valence-electron chi connectivity index (χ4n) is 3.87. The lowest BCUT2D eigenvalue weighted by molar-refractivity contribution is -0.131. The maximum Gasteiger partial charge on any atom is 0.244 e. The fourth-order valence-corrected chi connectivity index (χ4v) is 5.46. The molecule has 0 N–H and O–H groups in total. The topological polar surface area (TPSA) is 59.5 Å². The summed E-state index contributed by atoms with van der Waals surface area (Å²) >= 11 is 5.72. The molecule has 2 aliphatic rings. The van der Waals surface area contributed by atoms with Crippen molar-refractivity contribution in [2.24, 2.45) is 11.3 Å². The quantitative estimate of drug-likeness (QED) is 0.797. The van der Waals surface area contributed by atoms with Crippen LogP contribution in [0.4, 0.5) is 0 Å². The Morgan fingerprint density at radius 1 is 1.43 bits per heavy atom. The van der Waals surface area contributed by atoms with Crippen LogP contribution in [0.2, 0.25) is 5.15 Å². The lowest BCUT2D eigenvalue weighted by Crippen LogP contribution is -2.66. The van der Waals surface area contributed by atoms with E-state index in [1.807, 2.05) is 0 Å². The Hall–Kier alpha value is -0.690. The van der Waals surface area contributed by atoms with Crippen LogP contribution in [0.15, 0.2) is 23.2 Å². The Labute approximate surface area is 130 Å². The van der Waals surface area contributed by atoms with Crippen molar-refractivity contribution in [3.8, 4) is 0 Å². The van der Waals surface area contributed by atoms with Gasteiger partial charge in [-0.25, -0.2) is 13.4 Å². The second-order valence-corrected chi connectivity index (χ2v) is 8.73. The van der Waals surface area contributed by atoms with Gasteiger partial charge in [0.25, 0.3) is 0 Å². The van der Waals surface area contributed by atoms with E-state index in [0.717, 1.165) is 6.42 Å². The Morgan fingerprint density at radius 3 is 2.76 bits per heavy atom. The number of pyridine rings is 1. The zero-order valence-electron chi connectivity index (χ0n) is 12.3. The standard InChI is InChI=1S/C14H19ClN2O3S/c1-14(2)12(10-6-7-20-13(10)14)17(3)21(18,19)9-4-5-11(15)16-8-9/h4-5,8,10,12-13H,6-7H2,1-3H3/t10-,12-,13-/m1/s1. The first-order chi connectivity index (χ1) is 9.76. The molecule has 3 rings (SSSR count). The summed E-state index contributed by atoms with van der Waals surface area (Å²) in [6, 6.07) is 2.94. The van der Waals surface area contributed by atoms with Crippen LogP contribution in [-0.4, -0.2) is 43.5 Å². The first-order valence-electron chi connectivity index (χ1n) is 6.97. The Balaban J connectivity index is 1.91. The smallest absolute Gasteiger partial charge is 0.244 e. The van der Waals surface area contributed by atoms with E-state index in [1.165, 1.54) is 22.6 Å². The molecule has 1 saturated carbocycles. The first kappa shape index (κ1) is 15.2. The van der Waals surface area contributed by atoms with Gasteiger partial charge in [0.05, 0.1) is 6.10 Å². The number of aromatic nitrogens is 1. The van der Waals surface area contributed by atoms with Gasteiger partial charge in [0.1, 0.15) is 10.0 Å². The van der Waals surface area contributed by atoms with E-state index >= 15 is 0 Å². The third-order valence-electron chi connectivity index (χ3n) is 4.81. The number of rotatable bonds is 3. The van der Waals surface area contributed by atoms with E-state index < -0.39 is 10.0 Å². The van der Waals surface area contributed by atoms with Gasteiger partial charge in [0.2, 0.25) is 10.0 Å². The molecule has 21 heavy (non-hydrogen) atoms. The lowest BCUT2D eigenvalue weighted by Gasteiger charge is -2.57. The van der Waals surface area contributed by atoms with Crippen molar-refractivity contribution in [3.63, 3.8) is 0 Å². The number of hydrogen-bond acceptors (Lipinski definition) is 4. The van der Waals surface area contributed by atoms with Crippen LogP contribution in [0.1, 0.15) is 20.3 Å². The summed E-state index contributed by atoms with van der Waals surface area (Å²) in [5.41, 5.74) is -0.178. The van der Waals surface area contributed by atoms with Crippen molar-refractivity contribution in [2.75, 3.05) is 13.7 Å². The SMILES string of the molecule is CN([C@@H]1[C@H]2CCO[C@H]2C1(C)C)S(=O)(=O)c1ccc(Cl)nc1. The zero-order valence-corrected chi connectivity index (χ0v) is 13.9. The molecule has 5 nitrogen and oxygen atoms in total. The minimum atomic E-state index is -3.57. The van der Waals surface area contributed by atoms with Gasteiger partial charge in [0.15, 0.2) is 0 Å². The predicted octanol–water partition coefficient (Wildman–Crippen LogP) is 2.17. The highest BCUT2D eigenvalue weighted by atomic mass is 35.5. The summed E-state index contributed by atoms with van der Waals surface area (Å²) in [6.45, 7) is 4.85. The van der Waals surface area contributed by atoms with Gasteiger partial charge < -0.3 is 4.74 Å². The molecular formula is C14H19ClN2O3S. The molecular weight excluding hydrogens is 312 g/mol. The van der Waals surface area contributed by atoms with Crippen LogP contribution in [0.5, 0.6) is 0 Å². The van der Waals surface area contributed by atoms with Crippen molar-refractivity contribution in [3.05, 3.63) is 23.5 Å². The average Bonchev–Trinajstić information content (AvgIpc) is 2.85. The molecule has 0 radical (unpaired) electrons. The van der Waals surface area contributed by atoms with E-state index in [1.54, 1.807) is 7.05 Å². The number of ether oxygens (including phenoxy) is 1. The lowest BCUT2D eigenvalue weighted by atomic mass is 9.57. The molecule has 1 saturated heterocycles. The van der Waals surface area contributed by atoms with Crippen LogP contribution in [0.3, 0.4) is 0 Å². The summed E-state index contributed by atoms with van der Waals surface area (Å²) in [5.74, 6) is 0.278. The number of hydrogen-bond donors (Lipinski definition) is 0. The van der Waals surface area contributed by atoms with Crippen LogP contribution in [-0.2, 0) is 14.8 Å². The Morgan fingerprint density at radius 2 is 2.14 bits per heavy atom. The van der Waals surface area contributed by atoms with E-state index in [9.17, 15) is 8.42 Å². The van der Waals surface area contributed by atoms with Gasteiger partial charge >= 0.3 is 0 Å². The number of sulfonamides is 1. The van der Waals surface area contributed by atoms with Crippen molar-refractivity contribution < 1.29 is 13.2 Å². The highest BCUT2D eigenvalue weighted by Crippen LogP contribution is 2.55. The first-order valence-corrected chi connectivity index (χ1v) is 8.79. The van der Waals surface area contributed by atoms with Crippen molar-refractivity contribution in [1.82, 2.24) is 9.29 Å². The van der Waals surface area contributed by atoms with Gasteiger partial charge in [-0.3, -0.25) is 0 Å². The summed E-state index contributed by atoms with van der Waals surface area (Å²) in [5, 5.41) is 0.282. The largest absolute Gasteiger partial charge is 0.377 e. The Kier molecular flexibility index (Phi) is 3.56. The summed E-state index contributed by atoms with van der Waals surface area (Å²) in [7, 11) is -1.93. The maximum atomic E-state index is 12.8. The van der Waals surface area contributed by atoms with Crippen molar-refractivity contribution in [1.29, 1.82) is 0 Å². The molecule has 0 spiro atoms. The summed E-state index contributed by atoms with van der Waals surface area (Å²) in [6.07, 6.45) is 2.38. The van der Waals surface area contributed by atoms with Gasteiger partial charge in [-0.15, -0.1) is 0 Å². The molecule has 1 aliphatic carbocycles. The highest BCUT2D eigenvalue weighted by Gasteiger charge is 2.62. The minimum Gasteiger partial charge on any atom is -0.377 e. The van der Waals surface area contributed by atoms with Gasteiger partial charge in [-0.1, -0.05) is 25.4 Å². The minimum absolute atomic E-state index is 0.0503. The predicted molar refractivity (Wildman–Crippen MR) is 79.6 cm³/mol. The fraction of sp³-hybridized carbons (Fsp3) is 0.643. The monoisotopic (exact) mass is 330 g/mol. The van der Waals surface area contributed by atoms with Gasteiger partial charge in [-0.05, 0) is 18.6 Å². The third-order valence-corrected chi connectivity index (χ3v) is 6.85. The second-order valence-electron chi connectivity index (χ2n) is 6.35. The van der Waals surface area contributed by atoms with Crippen LogP contribution in [0.25, 0.3) is 0 Å². The molecule has 116 valence electrons. The van der Waals surface area contributed by atoms with E-state index in [0.29, 0.717) is 6.61 Å². The molecule has 1 aliphatic heterocycles. The molecule has 0 unspecified atom stereocenters. The zero-order chi connectivity index (χ0) is 15.4. The van der Waals surface area contributed by atoms with Crippen molar-refractivity contribution in [2.45, 2.75) is 37.3 Å². The summed E-state index contributed by atoms with van der Waals surface area (Å²) < 4.78 is 32.7. The third kappa shape index (κ3) is 2.20. The molecule has 2 fully saturated rings.